The lowest BCUT2D eigenvalue weighted by atomic mass is 10.2. The molecule has 0 fully saturated rings. The molecule has 0 bridgehead atoms. The first kappa shape index (κ1) is 10.8. The van der Waals surface area contributed by atoms with E-state index in [1.807, 2.05) is 30.5 Å². The minimum absolute atomic E-state index is 0.242. The number of thiazole rings is 1. The molecule has 0 amide bonds. The van der Waals surface area contributed by atoms with Crippen molar-refractivity contribution in [2.45, 2.75) is 13.5 Å². The van der Waals surface area contributed by atoms with Crippen molar-refractivity contribution in [2.24, 2.45) is 0 Å². The maximum Gasteiger partial charge on any atom is 0.338 e. The van der Waals surface area contributed by atoms with Crippen LogP contribution in [-0.4, -0.2) is 11.0 Å². The highest BCUT2D eigenvalue weighted by molar-refractivity contribution is 7.09. The molecule has 0 saturated carbocycles. The number of benzene rings is 1. The highest BCUT2D eigenvalue weighted by atomic mass is 32.1. The van der Waals surface area contributed by atoms with Crippen molar-refractivity contribution in [1.82, 2.24) is 4.98 Å². The van der Waals surface area contributed by atoms with Gasteiger partial charge in [-0.25, -0.2) is 9.78 Å². The van der Waals surface area contributed by atoms with Crippen LogP contribution in [0.3, 0.4) is 0 Å². The van der Waals surface area contributed by atoms with Gasteiger partial charge >= 0.3 is 5.97 Å². The van der Waals surface area contributed by atoms with Crippen molar-refractivity contribution in [1.29, 1.82) is 0 Å². The molecule has 0 spiro atoms. The molecule has 0 saturated heterocycles. The number of ether oxygens (including phenoxy) is 1. The van der Waals surface area contributed by atoms with Crippen molar-refractivity contribution < 1.29 is 9.53 Å². The van der Waals surface area contributed by atoms with E-state index in [1.165, 1.54) is 11.3 Å². The number of esters is 1. The van der Waals surface area contributed by atoms with E-state index in [0.717, 1.165) is 10.7 Å². The van der Waals surface area contributed by atoms with Crippen molar-refractivity contribution in [2.75, 3.05) is 0 Å². The molecular formula is C12H11NO2S. The molecule has 1 aromatic carbocycles. The smallest absolute Gasteiger partial charge is 0.338 e. The number of nitrogens with zero attached hydrogens (tertiary/aromatic N) is 1. The number of rotatable bonds is 3. The highest BCUT2D eigenvalue weighted by Gasteiger charge is 2.07. The van der Waals surface area contributed by atoms with Crippen molar-refractivity contribution in [3.8, 4) is 0 Å². The van der Waals surface area contributed by atoms with Gasteiger partial charge < -0.3 is 4.74 Å². The molecule has 2 rings (SSSR count). The average molecular weight is 233 g/mol. The Labute approximate surface area is 97.7 Å². The Kier molecular flexibility index (Phi) is 3.31. The van der Waals surface area contributed by atoms with Crippen LogP contribution >= 0.6 is 11.3 Å². The van der Waals surface area contributed by atoms with E-state index in [-0.39, 0.29) is 12.6 Å². The zero-order valence-electron chi connectivity index (χ0n) is 8.84. The molecule has 4 heteroatoms. The molecule has 0 N–H and O–H groups in total. The minimum atomic E-state index is -0.312. The van der Waals surface area contributed by atoms with Crippen molar-refractivity contribution in [3.63, 3.8) is 0 Å². The second-order valence-electron chi connectivity index (χ2n) is 3.32. The maximum absolute atomic E-state index is 11.6. The topological polar surface area (TPSA) is 39.2 Å². The molecule has 0 aliphatic carbocycles. The molecule has 2 aromatic rings. The average Bonchev–Trinajstić information content (AvgIpc) is 2.73. The summed E-state index contributed by atoms with van der Waals surface area (Å²) >= 11 is 1.50. The Morgan fingerprint density at radius 1 is 1.38 bits per heavy atom. The van der Waals surface area contributed by atoms with E-state index in [9.17, 15) is 4.79 Å². The SMILES string of the molecule is Cc1csc(COC(=O)c2ccccc2)n1. The van der Waals surface area contributed by atoms with Crippen LogP contribution in [0.2, 0.25) is 0 Å². The first-order valence-corrected chi connectivity index (χ1v) is 5.77. The van der Waals surface area contributed by atoms with Gasteiger partial charge in [-0.05, 0) is 19.1 Å². The second kappa shape index (κ2) is 4.90. The fourth-order valence-electron chi connectivity index (χ4n) is 1.25. The Bertz CT molecular complexity index is 479. The third-order valence-corrected chi connectivity index (χ3v) is 2.94. The zero-order chi connectivity index (χ0) is 11.4. The number of aryl methyl sites for hydroxylation is 1. The first-order valence-electron chi connectivity index (χ1n) is 4.89. The predicted molar refractivity (Wildman–Crippen MR) is 62.4 cm³/mol. The molecule has 0 atom stereocenters. The van der Waals surface area contributed by atoms with Gasteiger partial charge in [0.1, 0.15) is 11.6 Å². The van der Waals surface area contributed by atoms with E-state index in [4.69, 9.17) is 4.74 Å². The standard InChI is InChI=1S/C12H11NO2S/c1-9-8-16-11(13-9)7-15-12(14)10-5-3-2-4-6-10/h2-6,8H,7H2,1H3. The fraction of sp³-hybridized carbons (Fsp3) is 0.167. The Morgan fingerprint density at radius 2 is 2.12 bits per heavy atom. The molecule has 1 aromatic heterocycles. The summed E-state index contributed by atoms with van der Waals surface area (Å²) in [5, 5.41) is 2.76. The Balaban J connectivity index is 1.94. The molecule has 0 aliphatic heterocycles. The van der Waals surface area contributed by atoms with Gasteiger partial charge in [0.25, 0.3) is 0 Å². The normalized spacial score (nSPS) is 10.1. The highest BCUT2D eigenvalue weighted by Crippen LogP contribution is 2.11. The summed E-state index contributed by atoms with van der Waals surface area (Å²) in [4.78, 5) is 15.8. The van der Waals surface area contributed by atoms with Crippen LogP contribution in [0.4, 0.5) is 0 Å². The van der Waals surface area contributed by atoms with E-state index in [1.54, 1.807) is 12.1 Å². The predicted octanol–water partition coefficient (Wildman–Crippen LogP) is 2.81. The maximum atomic E-state index is 11.6. The summed E-state index contributed by atoms with van der Waals surface area (Å²) < 4.78 is 5.14. The van der Waals surface area contributed by atoms with Crippen molar-refractivity contribution >= 4 is 17.3 Å². The molecule has 0 unspecified atom stereocenters. The lowest BCUT2D eigenvalue weighted by molar-refractivity contribution is 0.0472. The van der Waals surface area contributed by atoms with E-state index in [0.29, 0.717) is 5.56 Å². The summed E-state index contributed by atoms with van der Waals surface area (Å²) in [6, 6.07) is 8.94. The lowest BCUT2D eigenvalue weighted by Gasteiger charge is -2.01. The third-order valence-electron chi connectivity index (χ3n) is 2.00. The van der Waals surface area contributed by atoms with Crippen LogP contribution in [-0.2, 0) is 11.3 Å². The first-order chi connectivity index (χ1) is 7.75. The van der Waals surface area contributed by atoms with Crippen molar-refractivity contribution in [3.05, 3.63) is 52.0 Å². The number of hydrogen-bond acceptors (Lipinski definition) is 4. The summed E-state index contributed by atoms with van der Waals surface area (Å²) in [5.41, 5.74) is 1.52. The molecule has 3 nitrogen and oxygen atoms in total. The zero-order valence-corrected chi connectivity index (χ0v) is 9.66. The van der Waals surface area contributed by atoms with Gasteiger partial charge in [-0.3, -0.25) is 0 Å². The Hall–Kier alpha value is -1.68. The summed E-state index contributed by atoms with van der Waals surface area (Å²) in [6.07, 6.45) is 0. The molecule has 82 valence electrons. The van der Waals surface area contributed by atoms with Crippen LogP contribution in [0, 0.1) is 6.92 Å². The van der Waals surface area contributed by atoms with Gasteiger partial charge in [0.15, 0.2) is 0 Å². The third kappa shape index (κ3) is 2.67. The summed E-state index contributed by atoms with van der Waals surface area (Å²) in [7, 11) is 0. The minimum Gasteiger partial charge on any atom is -0.455 e. The van der Waals surface area contributed by atoms with E-state index < -0.39 is 0 Å². The van der Waals surface area contributed by atoms with E-state index in [2.05, 4.69) is 4.98 Å². The molecule has 0 radical (unpaired) electrons. The second-order valence-corrected chi connectivity index (χ2v) is 4.27. The van der Waals surface area contributed by atoms with Crippen LogP contribution in [0.25, 0.3) is 0 Å². The van der Waals surface area contributed by atoms with Crippen LogP contribution < -0.4 is 0 Å². The van der Waals surface area contributed by atoms with Crippen LogP contribution in [0.1, 0.15) is 21.1 Å². The van der Waals surface area contributed by atoms with Gasteiger partial charge in [0.05, 0.1) is 5.56 Å². The molecular weight excluding hydrogens is 222 g/mol. The fourth-order valence-corrected chi connectivity index (χ4v) is 1.94. The number of aromatic nitrogens is 1. The van der Waals surface area contributed by atoms with Gasteiger partial charge in [-0.15, -0.1) is 11.3 Å². The van der Waals surface area contributed by atoms with Crippen LogP contribution in [0.5, 0.6) is 0 Å². The lowest BCUT2D eigenvalue weighted by Crippen LogP contribution is -2.04. The number of carbonyl (C=O) groups is 1. The van der Waals surface area contributed by atoms with E-state index >= 15 is 0 Å². The summed E-state index contributed by atoms with van der Waals surface area (Å²) in [5.74, 6) is -0.312. The van der Waals surface area contributed by atoms with Gasteiger partial charge in [-0.2, -0.15) is 0 Å². The quantitative estimate of drug-likeness (QED) is 0.765. The molecule has 0 aliphatic rings. The molecule has 16 heavy (non-hydrogen) atoms. The summed E-state index contributed by atoms with van der Waals surface area (Å²) in [6.45, 7) is 2.16. The van der Waals surface area contributed by atoms with Crippen LogP contribution in [0.15, 0.2) is 35.7 Å². The number of carbonyl (C=O) groups excluding carboxylic acids is 1. The molecule has 1 heterocycles. The number of hydrogen-bond donors (Lipinski definition) is 0. The van der Waals surface area contributed by atoms with Gasteiger partial charge in [-0.1, -0.05) is 18.2 Å². The largest absolute Gasteiger partial charge is 0.455 e. The Morgan fingerprint density at radius 3 is 2.75 bits per heavy atom. The van der Waals surface area contributed by atoms with Gasteiger partial charge in [0, 0.05) is 11.1 Å². The monoisotopic (exact) mass is 233 g/mol. The van der Waals surface area contributed by atoms with Gasteiger partial charge in [0.2, 0.25) is 0 Å².